The first-order valence-corrected chi connectivity index (χ1v) is 7.61. The number of aliphatic hydroxyl groups is 1. The molecule has 20 heavy (non-hydrogen) atoms. The van der Waals surface area contributed by atoms with E-state index in [1.54, 1.807) is 0 Å². The number of fused-ring (bicyclic) bond motifs is 1. The number of hydrogen-bond donors (Lipinski definition) is 1. The summed E-state index contributed by atoms with van der Waals surface area (Å²) in [5, 5.41) is 14.7. The first-order valence-electron chi connectivity index (χ1n) is 6.80. The second-order valence-corrected chi connectivity index (χ2v) is 6.45. The fourth-order valence-electron chi connectivity index (χ4n) is 2.78. The van der Waals surface area contributed by atoms with Gasteiger partial charge in [-0.15, -0.1) is 0 Å². The summed E-state index contributed by atoms with van der Waals surface area (Å²) in [5.41, 5.74) is 0.580. The molecule has 7 heteroatoms. The van der Waals surface area contributed by atoms with Crippen LogP contribution in [0.5, 0.6) is 0 Å². The van der Waals surface area contributed by atoms with Crippen molar-refractivity contribution in [3.63, 3.8) is 0 Å². The van der Waals surface area contributed by atoms with E-state index in [4.69, 9.17) is 0 Å². The van der Waals surface area contributed by atoms with Crippen molar-refractivity contribution in [2.75, 3.05) is 13.2 Å². The molecule has 0 spiro atoms. The topological polar surface area (TPSA) is 70.7 Å². The van der Waals surface area contributed by atoms with E-state index in [0.717, 1.165) is 18.0 Å². The van der Waals surface area contributed by atoms with Gasteiger partial charge in [0.15, 0.2) is 0 Å². The molecule has 1 aliphatic rings. The SMILES string of the molecule is Cc1cc(=O)n2nc(CN3CCC(C)C3CO)sc2n1. The molecule has 6 nitrogen and oxygen atoms in total. The number of aromatic nitrogens is 3. The highest BCUT2D eigenvalue weighted by molar-refractivity contribution is 7.16. The van der Waals surface area contributed by atoms with Crippen LogP contribution in [-0.2, 0) is 6.54 Å². The molecule has 2 aromatic rings. The first-order chi connectivity index (χ1) is 9.58. The molecule has 0 bridgehead atoms. The molecule has 1 saturated heterocycles. The fourth-order valence-corrected chi connectivity index (χ4v) is 3.75. The minimum atomic E-state index is -0.136. The van der Waals surface area contributed by atoms with Crippen molar-refractivity contribution in [1.29, 1.82) is 0 Å². The second kappa shape index (κ2) is 5.23. The van der Waals surface area contributed by atoms with Crippen LogP contribution in [0.1, 0.15) is 24.0 Å². The first kappa shape index (κ1) is 13.7. The van der Waals surface area contributed by atoms with E-state index in [-0.39, 0.29) is 18.2 Å². The Morgan fingerprint density at radius 3 is 3.10 bits per heavy atom. The van der Waals surface area contributed by atoms with E-state index in [1.807, 2.05) is 6.92 Å². The van der Waals surface area contributed by atoms with Crippen LogP contribution < -0.4 is 5.56 Å². The molecule has 0 aromatic carbocycles. The lowest BCUT2D eigenvalue weighted by atomic mass is 10.0. The molecule has 3 heterocycles. The lowest BCUT2D eigenvalue weighted by Gasteiger charge is -2.23. The average molecular weight is 294 g/mol. The highest BCUT2D eigenvalue weighted by atomic mass is 32.1. The molecule has 2 unspecified atom stereocenters. The number of likely N-dealkylation sites (tertiary alicyclic amines) is 1. The molecular formula is C13H18N4O2S. The normalized spacial score (nSPS) is 23.8. The van der Waals surface area contributed by atoms with Gasteiger partial charge in [0.25, 0.3) is 5.56 Å². The highest BCUT2D eigenvalue weighted by Gasteiger charge is 2.31. The Bertz CT molecular complexity index is 681. The van der Waals surface area contributed by atoms with Gasteiger partial charge in [0.1, 0.15) is 5.01 Å². The maximum Gasteiger partial charge on any atom is 0.275 e. The smallest absolute Gasteiger partial charge is 0.275 e. The monoisotopic (exact) mass is 294 g/mol. The summed E-state index contributed by atoms with van der Waals surface area (Å²) in [6.45, 7) is 5.77. The molecule has 1 fully saturated rings. The molecular weight excluding hydrogens is 276 g/mol. The zero-order valence-corrected chi connectivity index (χ0v) is 12.4. The fraction of sp³-hybridized carbons (Fsp3) is 0.615. The zero-order valence-electron chi connectivity index (χ0n) is 11.6. The summed E-state index contributed by atoms with van der Waals surface area (Å²) in [6, 6.07) is 1.68. The molecule has 1 aliphatic heterocycles. The summed E-state index contributed by atoms with van der Waals surface area (Å²) < 4.78 is 1.36. The molecule has 0 radical (unpaired) electrons. The summed E-state index contributed by atoms with van der Waals surface area (Å²) in [6.07, 6.45) is 1.09. The van der Waals surface area contributed by atoms with E-state index < -0.39 is 0 Å². The third kappa shape index (κ3) is 2.36. The predicted octanol–water partition coefficient (Wildman–Crippen LogP) is 0.662. The summed E-state index contributed by atoms with van der Waals surface area (Å²) in [5.74, 6) is 0.498. The van der Waals surface area contributed by atoms with Gasteiger partial charge in [-0.2, -0.15) is 9.61 Å². The van der Waals surface area contributed by atoms with Crippen LogP contribution in [0.25, 0.3) is 4.96 Å². The molecule has 0 saturated carbocycles. The van der Waals surface area contributed by atoms with Crippen molar-refractivity contribution < 1.29 is 5.11 Å². The Hall–Kier alpha value is -1.31. The maximum atomic E-state index is 11.8. The maximum absolute atomic E-state index is 11.8. The van der Waals surface area contributed by atoms with Crippen LogP contribution in [-0.4, -0.2) is 43.8 Å². The number of aliphatic hydroxyl groups excluding tert-OH is 1. The molecule has 1 N–H and O–H groups in total. The van der Waals surface area contributed by atoms with Crippen molar-refractivity contribution in [2.24, 2.45) is 5.92 Å². The van der Waals surface area contributed by atoms with Crippen molar-refractivity contribution >= 4 is 16.3 Å². The van der Waals surface area contributed by atoms with Crippen LogP contribution >= 0.6 is 11.3 Å². The molecule has 108 valence electrons. The van der Waals surface area contributed by atoms with E-state index in [2.05, 4.69) is 21.9 Å². The molecule has 0 aliphatic carbocycles. The van der Waals surface area contributed by atoms with Gasteiger partial charge in [0.2, 0.25) is 4.96 Å². The molecule has 2 aromatic heterocycles. The zero-order chi connectivity index (χ0) is 14.3. The number of nitrogens with zero attached hydrogens (tertiary/aromatic N) is 4. The Morgan fingerprint density at radius 1 is 1.55 bits per heavy atom. The Kier molecular flexibility index (Phi) is 3.57. The number of aryl methyl sites for hydroxylation is 1. The van der Waals surface area contributed by atoms with Crippen LogP contribution in [0.15, 0.2) is 10.9 Å². The van der Waals surface area contributed by atoms with Crippen molar-refractivity contribution in [2.45, 2.75) is 32.9 Å². The number of hydrogen-bond acceptors (Lipinski definition) is 6. The minimum Gasteiger partial charge on any atom is -0.395 e. The van der Waals surface area contributed by atoms with E-state index in [0.29, 0.717) is 23.1 Å². The molecule has 3 rings (SSSR count). The van der Waals surface area contributed by atoms with Gasteiger partial charge in [-0.1, -0.05) is 18.3 Å². The summed E-state index contributed by atoms with van der Waals surface area (Å²) in [7, 11) is 0. The Balaban J connectivity index is 1.88. The van der Waals surface area contributed by atoms with Gasteiger partial charge in [0.05, 0.1) is 13.2 Å². The van der Waals surface area contributed by atoms with Crippen LogP contribution in [0.3, 0.4) is 0 Å². The Labute approximate surface area is 120 Å². The summed E-state index contributed by atoms with van der Waals surface area (Å²) in [4.78, 5) is 19.0. The standard InChI is InChI=1S/C13H18N4O2S/c1-8-3-4-16(10(8)7-18)6-11-15-17-12(19)5-9(2)14-13(17)20-11/h5,8,10,18H,3-4,6-7H2,1-2H3. The van der Waals surface area contributed by atoms with Crippen molar-refractivity contribution in [3.05, 3.63) is 27.1 Å². The summed E-state index contributed by atoms with van der Waals surface area (Å²) >= 11 is 1.44. The Morgan fingerprint density at radius 2 is 2.35 bits per heavy atom. The van der Waals surface area contributed by atoms with Crippen molar-refractivity contribution in [1.82, 2.24) is 19.5 Å². The lowest BCUT2D eigenvalue weighted by Crippen LogP contribution is -2.34. The van der Waals surface area contributed by atoms with E-state index in [1.165, 1.54) is 21.9 Å². The van der Waals surface area contributed by atoms with Gasteiger partial charge in [-0.25, -0.2) is 4.98 Å². The van der Waals surface area contributed by atoms with Crippen LogP contribution in [0.4, 0.5) is 0 Å². The van der Waals surface area contributed by atoms with Crippen molar-refractivity contribution in [3.8, 4) is 0 Å². The lowest BCUT2D eigenvalue weighted by molar-refractivity contribution is 0.134. The largest absolute Gasteiger partial charge is 0.395 e. The van der Waals surface area contributed by atoms with E-state index in [9.17, 15) is 9.90 Å². The quantitative estimate of drug-likeness (QED) is 0.900. The van der Waals surface area contributed by atoms with Gasteiger partial charge in [-0.05, 0) is 25.8 Å². The van der Waals surface area contributed by atoms with E-state index >= 15 is 0 Å². The highest BCUT2D eigenvalue weighted by Crippen LogP contribution is 2.26. The number of rotatable bonds is 3. The predicted molar refractivity (Wildman–Crippen MR) is 76.9 cm³/mol. The molecule has 0 amide bonds. The average Bonchev–Trinajstić information content (AvgIpc) is 2.93. The van der Waals surface area contributed by atoms with Gasteiger partial charge in [-0.3, -0.25) is 9.69 Å². The van der Waals surface area contributed by atoms with Crippen LogP contribution in [0.2, 0.25) is 0 Å². The van der Waals surface area contributed by atoms with Crippen LogP contribution in [0, 0.1) is 12.8 Å². The molecule has 2 atom stereocenters. The minimum absolute atomic E-state index is 0.136. The van der Waals surface area contributed by atoms with Gasteiger partial charge in [0, 0.05) is 17.8 Å². The van der Waals surface area contributed by atoms with Gasteiger partial charge < -0.3 is 5.11 Å². The third-order valence-corrected chi connectivity index (χ3v) is 4.83. The second-order valence-electron chi connectivity index (χ2n) is 5.41. The van der Waals surface area contributed by atoms with Gasteiger partial charge >= 0.3 is 0 Å². The third-order valence-electron chi connectivity index (χ3n) is 3.94.